The van der Waals surface area contributed by atoms with Crippen molar-refractivity contribution in [2.45, 2.75) is 13.3 Å². The Hall–Kier alpha value is -2.66. The molecule has 0 saturated carbocycles. The van der Waals surface area contributed by atoms with E-state index < -0.39 is 0 Å². The minimum absolute atomic E-state index is 0.0741. The number of aromatic nitrogens is 2. The van der Waals surface area contributed by atoms with E-state index in [-0.39, 0.29) is 11.8 Å². The topological polar surface area (TPSA) is 64.1 Å². The Morgan fingerprint density at radius 1 is 1.25 bits per heavy atom. The molecule has 0 saturated heterocycles. The van der Waals surface area contributed by atoms with Gasteiger partial charge >= 0.3 is 0 Å². The molecule has 0 spiro atoms. The summed E-state index contributed by atoms with van der Waals surface area (Å²) in [5.41, 5.74) is 1.67. The molecule has 0 radical (unpaired) electrons. The van der Waals surface area contributed by atoms with Gasteiger partial charge in [-0.05, 0) is 25.5 Å². The van der Waals surface area contributed by atoms with Crippen molar-refractivity contribution in [3.63, 3.8) is 0 Å². The maximum atomic E-state index is 12.4. The van der Waals surface area contributed by atoms with Gasteiger partial charge in [0.25, 0.3) is 0 Å². The van der Waals surface area contributed by atoms with Crippen molar-refractivity contribution in [2.75, 3.05) is 5.32 Å². The number of benzene rings is 1. The van der Waals surface area contributed by atoms with Crippen LogP contribution in [0.4, 0.5) is 5.69 Å². The summed E-state index contributed by atoms with van der Waals surface area (Å²) in [6.45, 7) is 1.98. The zero-order valence-electron chi connectivity index (χ0n) is 13.1. The molecule has 0 aliphatic heterocycles. The highest BCUT2D eigenvalue weighted by molar-refractivity contribution is 6.31. The van der Waals surface area contributed by atoms with Crippen LogP contribution in [-0.2, 0) is 4.79 Å². The summed E-state index contributed by atoms with van der Waals surface area (Å²) in [5.74, 6) is 0.742. The molecule has 1 aliphatic rings. The van der Waals surface area contributed by atoms with Gasteiger partial charge in [0.1, 0.15) is 12.1 Å². The first kappa shape index (κ1) is 16.2. The third-order valence-electron chi connectivity index (χ3n) is 3.48. The monoisotopic (exact) mass is 341 g/mol. The Morgan fingerprint density at radius 2 is 2.04 bits per heavy atom. The Bertz CT molecular complexity index is 803. The highest BCUT2D eigenvalue weighted by Crippen LogP contribution is 2.28. The van der Waals surface area contributed by atoms with E-state index in [9.17, 15) is 4.79 Å². The standard InChI is InChI=1S/C18H16ClN3O2/c1-12-3-2-4-13(5-12)18(23)22-15-6-14(19)7-16(8-15)24-17-9-20-11-21-10-17/h2-3,5-11,13H,4H2,1H3,(H,22,23). The molecule has 6 heteroatoms. The second kappa shape index (κ2) is 7.27. The number of carbonyl (C=O) groups excluding carboxylic acids is 1. The lowest BCUT2D eigenvalue weighted by molar-refractivity contribution is -0.118. The van der Waals surface area contributed by atoms with E-state index in [1.165, 1.54) is 6.33 Å². The van der Waals surface area contributed by atoms with E-state index in [0.29, 0.717) is 28.6 Å². The summed E-state index contributed by atoms with van der Waals surface area (Å²) in [6.07, 6.45) is 11.2. The van der Waals surface area contributed by atoms with Crippen LogP contribution in [-0.4, -0.2) is 15.9 Å². The smallest absolute Gasteiger partial charge is 0.231 e. The SMILES string of the molecule is CC1=CC(C(=O)Nc2cc(Cl)cc(Oc3cncnc3)c2)CC=C1. The van der Waals surface area contributed by atoms with Crippen LogP contribution in [0.2, 0.25) is 5.02 Å². The predicted molar refractivity (Wildman–Crippen MR) is 93.2 cm³/mol. The zero-order valence-corrected chi connectivity index (χ0v) is 13.8. The van der Waals surface area contributed by atoms with Crippen LogP contribution in [0.5, 0.6) is 11.5 Å². The largest absolute Gasteiger partial charge is 0.454 e. The minimum Gasteiger partial charge on any atom is -0.454 e. The molecule has 3 rings (SSSR count). The summed E-state index contributed by atoms with van der Waals surface area (Å²) in [4.78, 5) is 20.2. The first-order valence-electron chi connectivity index (χ1n) is 7.49. The van der Waals surface area contributed by atoms with Gasteiger partial charge in [0.05, 0.1) is 18.3 Å². The number of allylic oxidation sites excluding steroid dienone is 3. The molecule has 24 heavy (non-hydrogen) atoms. The summed E-state index contributed by atoms with van der Waals surface area (Å²) >= 11 is 6.12. The summed E-state index contributed by atoms with van der Waals surface area (Å²) in [7, 11) is 0. The molecule has 1 amide bonds. The van der Waals surface area contributed by atoms with Crippen LogP contribution in [0.25, 0.3) is 0 Å². The van der Waals surface area contributed by atoms with Crippen LogP contribution in [0, 0.1) is 5.92 Å². The molecule has 1 atom stereocenters. The second-order valence-corrected chi connectivity index (χ2v) is 5.93. The average Bonchev–Trinajstić information content (AvgIpc) is 2.55. The maximum absolute atomic E-state index is 12.4. The molecular formula is C18H16ClN3O2. The van der Waals surface area contributed by atoms with Gasteiger partial charge in [-0.15, -0.1) is 0 Å². The highest BCUT2D eigenvalue weighted by atomic mass is 35.5. The quantitative estimate of drug-likeness (QED) is 0.896. The third kappa shape index (κ3) is 4.20. The van der Waals surface area contributed by atoms with Crippen LogP contribution in [0.3, 0.4) is 0 Å². The Morgan fingerprint density at radius 3 is 2.79 bits per heavy atom. The molecule has 5 nitrogen and oxygen atoms in total. The van der Waals surface area contributed by atoms with Gasteiger partial charge in [0, 0.05) is 16.8 Å². The number of nitrogens with zero attached hydrogens (tertiary/aromatic N) is 2. The minimum atomic E-state index is -0.180. The molecule has 1 aromatic heterocycles. The fourth-order valence-corrected chi connectivity index (χ4v) is 2.65. The van der Waals surface area contributed by atoms with Crippen molar-refractivity contribution in [2.24, 2.45) is 5.92 Å². The lowest BCUT2D eigenvalue weighted by Gasteiger charge is -2.16. The van der Waals surface area contributed by atoms with Crippen molar-refractivity contribution in [1.82, 2.24) is 9.97 Å². The number of ether oxygens (including phenoxy) is 1. The zero-order chi connectivity index (χ0) is 16.9. The van der Waals surface area contributed by atoms with Gasteiger partial charge < -0.3 is 10.1 Å². The maximum Gasteiger partial charge on any atom is 0.231 e. The van der Waals surface area contributed by atoms with E-state index in [4.69, 9.17) is 16.3 Å². The molecule has 1 N–H and O–H groups in total. The van der Waals surface area contributed by atoms with Gasteiger partial charge in [-0.3, -0.25) is 4.79 Å². The molecule has 1 aromatic carbocycles. The Kier molecular flexibility index (Phi) is 4.91. The molecule has 0 fully saturated rings. The second-order valence-electron chi connectivity index (χ2n) is 5.50. The van der Waals surface area contributed by atoms with E-state index in [1.54, 1.807) is 30.6 Å². The van der Waals surface area contributed by atoms with Crippen LogP contribution in [0.15, 0.2) is 60.7 Å². The fourth-order valence-electron chi connectivity index (χ4n) is 2.43. The number of amides is 1. The van der Waals surface area contributed by atoms with Crippen molar-refractivity contribution < 1.29 is 9.53 Å². The van der Waals surface area contributed by atoms with Crippen molar-refractivity contribution in [3.05, 3.63) is 65.7 Å². The Labute approximate surface area is 145 Å². The van der Waals surface area contributed by atoms with E-state index in [0.717, 1.165) is 5.57 Å². The Balaban J connectivity index is 1.74. The summed E-state index contributed by atoms with van der Waals surface area (Å²) in [5, 5.41) is 3.35. The molecule has 0 bridgehead atoms. The van der Waals surface area contributed by atoms with Crippen LogP contribution in [0.1, 0.15) is 13.3 Å². The van der Waals surface area contributed by atoms with Crippen molar-refractivity contribution in [1.29, 1.82) is 0 Å². The molecular weight excluding hydrogens is 326 g/mol. The molecule has 122 valence electrons. The molecule has 1 heterocycles. The van der Waals surface area contributed by atoms with Crippen LogP contribution < -0.4 is 10.1 Å². The van der Waals surface area contributed by atoms with Gasteiger partial charge in [-0.1, -0.05) is 35.4 Å². The van der Waals surface area contributed by atoms with E-state index in [2.05, 4.69) is 15.3 Å². The number of rotatable bonds is 4. The van der Waals surface area contributed by atoms with Gasteiger partial charge in [0.2, 0.25) is 5.91 Å². The third-order valence-corrected chi connectivity index (χ3v) is 3.70. The van der Waals surface area contributed by atoms with E-state index in [1.807, 2.05) is 25.2 Å². The molecule has 2 aromatic rings. The fraction of sp³-hybridized carbons (Fsp3) is 0.167. The normalized spacial score (nSPS) is 16.4. The van der Waals surface area contributed by atoms with Crippen molar-refractivity contribution in [3.8, 4) is 11.5 Å². The average molecular weight is 342 g/mol. The van der Waals surface area contributed by atoms with Crippen molar-refractivity contribution >= 4 is 23.2 Å². The number of hydrogen-bond acceptors (Lipinski definition) is 4. The highest BCUT2D eigenvalue weighted by Gasteiger charge is 2.17. The number of halogens is 1. The first-order valence-corrected chi connectivity index (χ1v) is 7.87. The number of hydrogen-bond donors (Lipinski definition) is 1. The molecule has 1 unspecified atom stereocenters. The van der Waals surface area contributed by atoms with Gasteiger partial charge in [-0.2, -0.15) is 0 Å². The van der Waals surface area contributed by atoms with Gasteiger partial charge in [0.15, 0.2) is 5.75 Å². The lowest BCUT2D eigenvalue weighted by Crippen LogP contribution is -2.22. The first-order chi connectivity index (χ1) is 11.6. The van der Waals surface area contributed by atoms with Crippen LogP contribution >= 0.6 is 11.6 Å². The lowest BCUT2D eigenvalue weighted by atomic mass is 9.96. The number of nitrogens with one attached hydrogen (secondary N) is 1. The summed E-state index contributed by atoms with van der Waals surface area (Å²) in [6, 6.07) is 5.06. The number of carbonyl (C=O) groups is 1. The molecule has 1 aliphatic carbocycles. The predicted octanol–water partition coefficient (Wildman–Crippen LogP) is 4.38. The summed E-state index contributed by atoms with van der Waals surface area (Å²) < 4.78 is 5.66. The van der Waals surface area contributed by atoms with E-state index >= 15 is 0 Å². The number of anilines is 1. The van der Waals surface area contributed by atoms with Gasteiger partial charge in [-0.25, -0.2) is 9.97 Å².